The number of carbonyl (C=O) groups excluding carboxylic acids is 2. The van der Waals surface area contributed by atoms with Crippen molar-refractivity contribution < 1.29 is 32.6 Å². The number of nitrogens with zero attached hydrogens (tertiary/aromatic N) is 1. The summed E-state index contributed by atoms with van der Waals surface area (Å²) in [5, 5.41) is 0. The van der Waals surface area contributed by atoms with E-state index in [9.17, 15) is 18.4 Å². The number of hydrogen-bond acceptors (Lipinski definition) is 5. The third-order valence-electron chi connectivity index (χ3n) is 5.00. The van der Waals surface area contributed by atoms with Crippen LogP contribution in [0.5, 0.6) is 17.2 Å². The molecule has 1 saturated heterocycles. The summed E-state index contributed by atoms with van der Waals surface area (Å²) in [6.45, 7) is 0.270. The molecule has 1 aliphatic heterocycles. The molecule has 2 aromatic rings. The second-order valence-corrected chi connectivity index (χ2v) is 7.03. The molecule has 6 nitrogen and oxygen atoms in total. The normalized spacial score (nSPS) is 15.3. The highest BCUT2D eigenvalue weighted by Crippen LogP contribution is 2.39. The van der Waals surface area contributed by atoms with E-state index in [4.69, 9.17) is 14.2 Å². The van der Waals surface area contributed by atoms with Crippen LogP contribution in [0.2, 0.25) is 0 Å². The molecular weight excluding hydrogens is 420 g/mol. The number of piperidine rings is 1. The molecule has 0 bridgehead atoms. The van der Waals surface area contributed by atoms with Gasteiger partial charge in [-0.1, -0.05) is 6.07 Å². The van der Waals surface area contributed by atoms with Crippen LogP contribution in [0.4, 0.5) is 8.78 Å². The van der Waals surface area contributed by atoms with Crippen molar-refractivity contribution in [2.45, 2.75) is 12.8 Å². The van der Waals surface area contributed by atoms with E-state index in [0.717, 1.165) is 17.0 Å². The summed E-state index contributed by atoms with van der Waals surface area (Å²) in [5.41, 5.74) is 1.43. The fourth-order valence-corrected chi connectivity index (χ4v) is 3.41. The van der Waals surface area contributed by atoms with E-state index in [-0.39, 0.29) is 6.54 Å². The third-order valence-corrected chi connectivity index (χ3v) is 5.00. The number of likely N-dealkylation sites (tertiary alicyclic amines) is 1. The Labute approximate surface area is 184 Å². The van der Waals surface area contributed by atoms with Gasteiger partial charge in [-0.2, -0.15) is 0 Å². The SMILES string of the molecule is COc1cc(/C=C2\CCCN(C(=O)/C=C/c3ccc(F)c(F)c3)C2=O)cc(OC)c1OC. The van der Waals surface area contributed by atoms with Crippen molar-refractivity contribution in [3.63, 3.8) is 0 Å². The first kappa shape index (κ1) is 23.0. The van der Waals surface area contributed by atoms with Gasteiger partial charge in [0.15, 0.2) is 23.1 Å². The van der Waals surface area contributed by atoms with Crippen molar-refractivity contribution in [2.75, 3.05) is 27.9 Å². The second kappa shape index (κ2) is 10.1. The molecule has 1 heterocycles. The molecule has 3 rings (SSSR count). The van der Waals surface area contributed by atoms with Crippen molar-refractivity contribution in [1.29, 1.82) is 0 Å². The highest BCUT2D eigenvalue weighted by molar-refractivity contribution is 6.11. The van der Waals surface area contributed by atoms with Gasteiger partial charge in [-0.25, -0.2) is 8.78 Å². The maximum Gasteiger partial charge on any atom is 0.256 e. The maximum absolute atomic E-state index is 13.3. The molecule has 0 aromatic heterocycles. The van der Waals surface area contributed by atoms with Gasteiger partial charge in [0.05, 0.1) is 21.3 Å². The lowest BCUT2D eigenvalue weighted by Crippen LogP contribution is -2.40. The van der Waals surface area contributed by atoms with E-state index in [1.807, 2.05) is 0 Å². The van der Waals surface area contributed by atoms with Gasteiger partial charge >= 0.3 is 0 Å². The molecular formula is C24H23F2NO5. The van der Waals surface area contributed by atoms with Gasteiger partial charge in [-0.15, -0.1) is 0 Å². The molecule has 1 aliphatic rings. The maximum atomic E-state index is 13.3. The number of methoxy groups -OCH3 is 3. The molecule has 168 valence electrons. The number of hydrogen-bond donors (Lipinski definition) is 0. The number of ether oxygens (including phenoxy) is 3. The Hall–Kier alpha value is -3.68. The fourth-order valence-electron chi connectivity index (χ4n) is 3.41. The van der Waals surface area contributed by atoms with E-state index in [2.05, 4.69) is 0 Å². The van der Waals surface area contributed by atoms with Gasteiger partial charge in [-0.3, -0.25) is 14.5 Å². The standard InChI is InChI=1S/C24H23F2NO5/c1-30-20-13-16(14-21(31-2)23(20)32-3)11-17-5-4-10-27(24(17)29)22(28)9-7-15-6-8-18(25)19(26)12-15/h6-9,11-14H,4-5,10H2,1-3H3/b9-7+,17-11+. The lowest BCUT2D eigenvalue weighted by Gasteiger charge is -2.26. The first-order valence-electron chi connectivity index (χ1n) is 9.87. The van der Waals surface area contributed by atoms with E-state index >= 15 is 0 Å². The number of halogens is 2. The summed E-state index contributed by atoms with van der Waals surface area (Å²) >= 11 is 0. The van der Waals surface area contributed by atoms with Crippen LogP contribution in [-0.2, 0) is 9.59 Å². The van der Waals surface area contributed by atoms with Crippen molar-refractivity contribution in [3.8, 4) is 17.2 Å². The zero-order valence-electron chi connectivity index (χ0n) is 18.0. The molecule has 8 heteroatoms. The minimum atomic E-state index is -1.01. The van der Waals surface area contributed by atoms with Gasteiger partial charge in [0.1, 0.15) is 0 Å². The topological polar surface area (TPSA) is 65.1 Å². The van der Waals surface area contributed by atoms with E-state index in [1.54, 1.807) is 18.2 Å². The predicted octanol–water partition coefficient (Wildman–Crippen LogP) is 4.24. The summed E-state index contributed by atoms with van der Waals surface area (Å²) in [5.74, 6) is -1.59. The number of carbonyl (C=O) groups is 2. The van der Waals surface area contributed by atoms with Crippen LogP contribution >= 0.6 is 0 Å². The van der Waals surface area contributed by atoms with Crippen molar-refractivity contribution in [3.05, 3.63) is 64.7 Å². The average molecular weight is 443 g/mol. The zero-order chi connectivity index (χ0) is 23.3. The lowest BCUT2D eigenvalue weighted by atomic mass is 10.00. The number of amides is 2. The van der Waals surface area contributed by atoms with Crippen LogP contribution in [0.25, 0.3) is 12.2 Å². The monoisotopic (exact) mass is 443 g/mol. The Balaban J connectivity index is 1.82. The molecule has 32 heavy (non-hydrogen) atoms. The Morgan fingerprint density at radius 1 is 0.969 bits per heavy atom. The van der Waals surface area contributed by atoms with Crippen LogP contribution < -0.4 is 14.2 Å². The van der Waals surface area contributed by atoms with E-state index < -0.39 is 23.4 Å². The fraction of sp³-hybridized carbons (Fsp3) is 0.250. The van der Waals surface area contributed by atoms with Crippen LogP contribution in [0.15, 0.2) is 42.0 Å². The Bertz CT molecular complexity index is 1070. The second-order valence-electron chi connectivity index (χ2n) is 7.03. The van der Waals surface area contributed by atoms with Gasteiger partial charge in [0.2, 0.25) is 5.75 Å². The molecule has 0 aliphatic carbocycles. The number of benzene rings is 2. The molecule has 0 saturated carbocycles. The summed E-state index contributed by atoms with van der Waals surface area (Å²) < 4.78 is 42.4. The smallest absolute Gasteiger partial charge is 0.256 e. The first-order valence-corrected chi connectivity index (χ1v) is 9.87. The Kier molecular flexibility index (Phi) is 7.25. The van der Waals surface area contributed by atoms with Crippen LogP contribution in [0, 0.1) is 11.6 Å². The van der Waals surface area contributed by atoms with Crippen LogP contribution in [-0.4, -0.2) is 44.6 Å². The highest BCUT2D eigenvalue weighted by atomic mass is 19.2. The van der Waals surface area contributed by atoms with Gasteiger partial charge < -0.3 is 14.2 Å². The van der Waals surface area contributed by atoms with E-state index in [0.29, 0.717) is 46.8 Å². The van der Waals surface area contributed by atoms with Crippen LogP contribution in [0.3, 0.4) is 0 Å². The van der Waals surface area contributed by atoms with Crippen molar-refractivity contribution in [1.82, 2.24) is 4.90 Å². The lowest BCUT2D eigenvalue weighted by molar-refractivity contribution is -0.140. The molecule has 0 spiro atoms. The minimum Gasteiger partial charge on any atom is -0.493 e. The molecule has 2 amide bonds. The van der Waals surface area contributed by atoms with Gasteiger partial charge in [-0.05, 0) is 60.4 Å². The number of rotatable bonds is 6. The van der Waals surface area contributed by atoms with Crippen LogP contribution in [0.1, 0.15) is 24.0 Å². The van der Waals surface area contributed by atoms with Gasteiger partial charge in [0.25, 0.3) is 11.8 Å². The quantitative estimate of drug-likeness (QED) is 0.625. The zero-order valence-corrected chi connectivity index (χ0v) is 18.0. The molecule has 2 aromatic carbocycles. The first-order chi connectivity index (χ1) is 15.4. The van der Waals surface area contributed by atoms with Gasteiger partial charge in [0, 0.05) is 18.2 Å². The summed E-state index contributed by atoms with van der Waals surface area (Å²) in [7, 11) is 4.50. The molecule has 0 N–H and O–H groups in total. The summed E-state index contributed by atoms with van der Waals surface area (Å²) in [6.07, 6.45) is 5.31. The van der Waals surface area contributed by atoms with Crippen molar-refractivity contribution >= 4 is 24.0 Å². The third kappa shape index (κ3) is 4.96. The largest absolute Gasteiger partial charge is 0.493 e. The molecule has 0 radical (unpaired) electrons. The van der Waals surface area contributed by atoms with E-state index in [1.165, 1.54) is 39.5 Å². The number of imide groups is 1. The highest BCUT2D eigenvalue weighted by Gasteiger charge is 2.27. The molecule has 0 unspecified atom stereocenters. The predicted molar refractivity (Wildman–Crippen MR) is 115 cm³/mol. The summed E-state index contributed by atoms with van der Waals surface area (Å²) in [6, 6.07) is 6.73. The Morgan fingerprint density at radius 2 is 1.66 bits per heavy atom. The summed E-state index contributed by atoms with van der Waals surface area (Å²) in [4.78, 5) is 26.6. The molecule has 0 atom stereocenters. The average Bonchev–Trinajstić information content (AvgIpc) is 2.80. The van der Waals surface area contributed by atoms with Crippen molar-refractivity contribution in [2.24, 2.45) is 0 Å². The minimum absolute atomic E-state index is 0.270. The molecule has 1 fully saturated rings. The Morgan fingerprint density at radius 3 is 2.25 bits per heavy atom.